The number of rotatable bonds is 10. The Morgan fingerprint density at radius 1 is 1.23 bits per heavy atom. The van der Waals surface area contributed by atoms with Crippen LogP contribution in [0.1, 0.15) is 31.2 Å². The topological polar surface area (TPSA) is 106 Å². The van der Waals surface area contributed by atoms with Crippen LogP contribution in [0, 0.1) is 11.8 Å². The van der Waals surface area contributed by atoms with Gasteiger partial charge in [0.15, 0.2) is 0 Å². The molecule has 1 saturated carbocycles. The molecule has 4 rings (SSSR count). The maximum absolute atomic E-state index is 12.5. The van der Waals surface area contributed by atoms with Crippen molar-refractivity contribution < 1.29 is 19.1 Å². The summed E-state index contributed by atoms with van der Waals surface area (Å²) in [6.07, 6.45) is 7.95. The van der Waals surface area contributed by atoms with E-state index in [0.717, 1.165) is 31.5 Å². The van der Waals surface area contributed by atoms with Crippen LogP contribution in [0.2, 0.25) is 0 Å². The fourth-order valence-electron chi connectivity index (χ4n) is 4.74. The van der Waals surface area contributed by atoms with Crippen LogP contribution < -0.4 is 10.6 Å². The van der Waals surface area contributed by atoms with Crippen molar-refractivity contribution in [3.63, 3.8) is 0 Å². The third-order valence-electron chi connectivity index (χ3n) is 6.24. The maximum Gasteiger partial charge on any atom is 0.222 e. The fraction of sp³-hybridized carbons (Fsp3) is 0.714. The second-order valence-electron chi connectivity index (χ2n) is 8.55. The summed E-state index contributed by atoms with van der Waals surface area (Å²) in [5.41, 5.74) is 1.04. The summed E-state index contributed by atoms with van der Waals surface area (Å²) in [6, 6.07) is 0.551. The third kappa shape index (κ3) is 5.33. The van der Waals surface area contributed by atoms with Gasteiger partial charge in [0.25, 0.3) is 0 Å². The SMILES string of the molecule is COCCNC(=O)C[C@@H]1OC[C@@H]2[C@H]1[C@H](CC(=O)NC1CC1)CN2Cc1cncnc1. The van der Waals surface area contributed by atoms with Crippen LogP contribution in [0.3, 0.4) is 0 Å². The normalized spacial score (nSPS) is 28.3. The fourth-order valence-corrected chi connectivity index (χ4v) is 4.74. The van der Waals surface area contributed by atoms with Gasteiger partial charge in [-0.05, 0) is 18.8 Å². The second kappa shape index (κ2) is 9.80. The first kappa shape index (κ1) is 21.1. The zero-order chi connectivity index (χ0) is 20.9. The van der Waals surface area contributed by atoms with Crippen molar-refractivity contribution in [2.45, 2.75) is 50.4 Å². The Labute approximate surface area is 176 Å². The predicted octanol–water partition coefficient (Wildman–Crippen LogP) is 0.113. The Morgan fingerprint density at radius 2 is 2.03 bits per heavy atom. The molecule has 9 heteroatoms. The molecule has 2 amide bonds. The quantitative estimate of drug-likeness (QED) is 0.521. The molecule has 1 aromatic rings. The van der Waals surface area contributed by atoms with E-state index >= 15 is 0 Å². The van der Waals surface area contributed by atoms with Gasteiger partial charge in [0, 0.05) is 69.1 Å². The summed E-state index contributed by atoms with van der Waals surface area (Å²) in [5, 5.41) is 5.98. The van der Waals surface area contributed by atoms with E-state index in [2.05, 4.69) is 25.5 Å². The second-order valence-corrected chi connectivity index (χ2v) is 8.55. The molecule has 2 saturated heterocycles. The summed E-state index contributed by atoms with van der Waals surface area (Å²) >= 11 is 0. The van der Waals surface area contributed by atoms with E-state index in [1.807, 2.05) is 12.4 Å². The van der Waals surface area contributed by atoms with Gasteiger partial charge in [0.2, 0.25) is 11.8 Å². The molecule has 9 nitrogen and oxygen atoms in total. The van der Waals surface area contributed by atoms with Crippen LogP contribution >= 0.6 is 0 Å². The molecule has 3 heterocycles. The van der Waals surface area contributed by atoms with Gasteiger partial charge >= 0.3 is 0 Å². The number of nitrogens with zero attached hydrogens (tertiary/aromatic N) is 3. The summed E-state index contributed by atoms with van der Waals surface area (Å²) in [6.45, 7) is 3.09. The highest BCUT2D eigenvalue weighted by Gasteiger charge is 2.51. The molecule has 4 atom stereocenters. The molecule has 1 aromatic heterocycles. The van der Waals surface area contributed by atoms with Crippen molar-refractivity contribution in [2.75, 3.05) is 33.4 Å². The van der Waals surface area contributed by atoms with Gasteiger partial charge in [-0.3, -0.25) is 14.5 Å². The molecule has 3 fully saturated rings. The molecular formula is C21H31N5O4. The molecule has 0 unspecified atom stereocenters. The lowest BCUT2D eigenvalue weighted by atomic mass is 9.84. The number of fused-ring (bicyclic) bond motifs is 1. The molecule has 0 bridgehead atoms. The van der Waals surface area contributed by atoms with Crippen molar-refractivity contribution in [3.05, 3.63) is 24.3 Å². The zero-order valence-corrected chi connectivity index (χ0v) is 17.5. The highest BCUT2D eigenvalue weighted by atomic mass is 16.5. The minimum atomic E-state index is -0.173. The number of hydrogen-bond donors (Lipinski definition) is 2. The van der Waals surface area contributed by atoms with E-state index in [0.29, 0.717) is 38.6 Å². The standard InChI is InChI=1S/C21H31N5O4/c1-29-5-4-24-19(27)7-18-21-15(6-20(28)25-16-2-3-16)11-26(17(21)12-30-18)10-14-8-22-13-23-9-14/h8-9,13,15-18,21H,2-7,10-12H2,1H3,(H,24,27)(H,25,28)/t15-,17-,18+,21-/m1/s1. The van der Waals surface area contributed by atoms with E-state index in [-0.39, 0.29) is 35.8 Å². The van der Waals surface area contributed by atoms with E-state index < -0.39 is 0 Å². The van der Waals surface area contributed by atoms with Crippen LogP contribution in [-0.2, 0) is 25.6 Å². The number of aromatic nitrogens is 2. The highest BCUT2D eigenvalue weighted by molar-refractivity contribution is 5.77. The first-order chi connectivity index (χ1) is 14.6. The first-order valence-corrected chi connectivity index (χ1v) is 10.8. The van der Waals surface area contributed by atoms with Crippen LogP contribution in [-0.4, -0.2) is 78.3 Å². The van der Waals surface area contributed by atoms with E-state index in [9.17, 15) is 9.59 Å². The molecule has 0 aromatic carbocycles. The van der Waals surface area contributed by atoms with Crippen molar-refractivity contribution in [1.82, 2.24) is 25.5 Å². The number of carbonyl (C=O) groups is 2. The number of methoxy groups -OCH3 is 1. The smallest absolute Gasteiger partial charge is 0.222 e. The lowest BCUT2D eigenvalue weighted by Gasteiger charge is -2.23. The summed E-state index contributed by atoms with van der Waals surface area (Å²) < 4.78 is 11.1. The average molecular weight is 418 g/mol. The molecule has 2 N–H and O–H groups in total. The molecule has 1 aliphatic carbocycles. The lowest BCUT2D eigenvalue weighted by Crippen LogP contribution is -2.36. The Hall–Kier alpha value is -2.10. The summed E-state index contributed by atoms with van der Waals surface area (Å²) in [4.78, 5) is 35.5. The van der Waals surface area contributed by atoms with Gasteiger partial charge in [-0.1, -0.05) is 0 Å². The van der Waals surface area contributed by atoms with Crippen LogP contribution in [0.5, 0.6) is 0 Å². The molecule has 3 aliphatic rings. The number of likely N-dealkylation sites (tertiary alicyclic amines) is 1. The molecular weight excluding hydrogens is 386 g/mol. The maximum atomic E-state index is 12.5. The Balaban J connectivity index is 1.41. The van der Waals surface area contributed by atoms with Crippen molar-refractivity contribution in [1.29, 1.82) is 0 Å². The number of amides is 2. The first-order valence-electron chi connectivity index (χ1n) is 10.8. The van der Waals surface area contributed by atoms with Crippen LogP contribution in [0.15, 0.2) is 18.7 Å². The average Bonchev–Trinajstić information content (AvgIpc) is 3.34. The van der Waals surface area contributed by atoms with Gasteiger partial charge in [-0.15, -0.1) is 0 Å². The largest absolute Gasteiger partial charge is 0.383 e. The Morgan fingerprint density at radius 3 is 2.77 bits per heavy atom. The lowest BCUT2D eigenvalue weighted by molar-refractivity contribution is -0.124. The van der Waals surface area contributed by atoms with Crippen LogP contribution in [0.25, 0.3) is 0 Å². The third-order valence-corrected chi connectivity index (χ3v) is 6.24. The minimum absolute atomic E-state index is 0.0335. The van der Waals surface area contributed by atoms with Gasteiger partial charge in [0.1, 0.15) is 6.33 Å². The van der Waals surface area contributed by atoms with Gasteiger partial charge in [-0.2, -0.15) is 0 Å². The van der Waals surface area contributed by atoms with Gasteiger partial charge < -0.3 is 20.1 Å². The van der Waals surface area contributed by atoms with Gasteiger partial charge in [0.05, 0.1) is 25.7 Å². The number of carbonyl (C=O) groups excluding carboxylic acids is 2. The molecule has 164 valence electrons. The molecule has 2 aliphatic heterocycles. The van der Waals surface area contributed by atoms with Crippen LogP contribution in [0.4, 0.5) is 0 Å². The minimum Gasteiger partial charge on any atom is -0.383 e. The van der Waals surface area contributed by atoms with Crippen molar-refractivity contribution >= 4 is 11.8 Å². The number of ether oxygens (including phenoxy) is 2. The van der Waals surface area contributed by atoms with Crippen molar-refractivity contribution in [2.24, 2.45) is 11.8 Å². The zero-order valence-electron chi connectivity index (χ0n) is 17.5. The Bertz CT molecular complexity index is 729. The van der Waals surface area contributed by atoms with Crippen molar-refractivity contribution in [3.8, 4) is 0 Å². The molecule has 0 spiro atoms. The summed E-state index contributed by atoms with van der Waals surface area (Å²) in [7, 11) is 1.61. The van der Waals surface area contributed by atoms with E-state index in [4.69, 9.17) is 9.47 Å². The van der Waals surface area contributed by atoms with E-state index in [1.165, 1.54) is 6.33 Å². The monoisotopic (exact) mass is 417 g/mol. The molecule has 30 heavy (non-hydrogen) atoms. The predicted molar refractivity (Wildman–Crippen MR) is 108 cm³/mol. The van der Waals surface area contributed by atoms with E-state index in [1.54, 1.807) is 7.11 Å². The molecule has 0 radical (unpaired) electrons. The Kier molecular flexibility index (Phi) is 6.91. The highest BCUT2D eigenvalue weighted by Crippen LogP contribution is 2.42. The number of nitrogens with one attached hydrogen (secondary N) is 2. The van der Waals surface area contributed by atoms with Gasteiger partial charge in [-0.25, -0.2) is 9.97 Å². The summed E-state index contributed by atoms with van der Waals surface area (Å²) in [5.74, 6) is 0.403. The number of hydrogen-bond acceptors (Lipinski definition) is 7.